The largest absolute Gasteiger partial charge is 0.461 e. The van der Waals surface area contributed by atoms with Gasteiger partial charge in [-0.25, -0.2) is 25.0 Å². The monoisotopic (exact) mass is 918 g/mol. The van der Waals surface area contributed by atoms with Gasteiger partial charge in [-0.2, -0.15) is 0 Å². The number of para-hydroxylation sites is 4. The first-order valence-corrected chi connectivity index (χ1v) is 22.6. The van der Waals surface area contributed by atoms with Gasteiger partial charge in [-0.05, 0) is 78.9 Å². The minimum absolute atomic E-state index is 0.384. The zero-order valence-electron chi connectivity index (χ0n) is 36.2. The number of halogens is 1. The quantitative estimate of drug-likeness (QED) is 0.139. The van der Waals surface area contributed by atoms with Crippen LogP contribution in [0.15, 0.2) is 230 Å². The van der Waals surface area contributed by atoms with Gasteiger partial charge in [0.2, 0.25) is 0 Å². The van der Waals surface area contributed by atoms with Crippen molar-refractivity contribution in [3.8, 4) is 40.2 Å². The molecule has 0 amide bonds. The van der Waals surface area contributed by atoms with Crippen LogP contribution in [0.25, 0.3) is 32.3 Å². The fraction of sp³-hybridized carbons (Fsp3) is 0.0179. The second kappa shape index (κ2) is 16.6. The molecule has 0 spiro atoms. The van der Waals surface area contributed by atoms with E-state index in [1.54, 1.807) is 6.07 Å². The summed E-state index contributed by atoms with van der Waals surface area (Å²) in [5, 5.41) is 4.60. The van der Waals surface area contributed by atoms with Crippen molar-refractivity contribution in [1.82, 2.24) is 15.0 Å². The fourth-order valence-electron chi connectivity index (χ4n) is 8.93. The first-order chi connectivity index (χ1) is 34.1. The van der Waals surface area contributed by atoms with Crippen molar-refractivity contribution in [3.63, 3.8) is 0 Å². The van der Waals surface area contributed by atoms with Gasteiger partial charge >= 0.3 is 0 Å². The van der Waals surface area contributed by atoms with E-state index in [9.17, 15) is 0 Å². The van der Waals surface area contributed by atoms with Gasteiger partial charge in [-0.15, -0.1) is 0 Å². The molecule has 0 saturated carbocycles. The molecule has 1 atom stereocenters. The Balaban J connectivity index is 1.14. The Kier molecular flexibility index (Phi) is 9.61. The van der Waals surface area contributed by atoms with Crippen LogP contribution in [0.2, 0.25) is 5.02 Å². The van der Waals surface area contributed by atoms with Crippen LogP contribution in [0, 0.1) is 5.92 Å². The number of amidine groups is 1. The summed E-state index contributed by atoms with van der Waals surface area (Å²) in [6, 6.07) is 53.8. The predicted octanol–water partition coefficient (Wildman–Crippen LogP) is 12.1. The number of aromatic nitrogens is 3. The maximum Gasteiger partial charge on any atom is 0.160 e. The van der Waals surface area contributed by atoms with Crippen molar-refractivity contribution in [2.75, 3.05) is 0 Å². The highest BCUT2D eigenvalue weighted by molar-refractivity contribution is 6.33. The molecule has 12 nitrogen and oxygen atoms in total. The second-order valence-corrected chi connectivity index (χ2v) is 16.7. The molecular weight excluding hydrogens is 884 g/mol. The third-order valence-electron chi connectivity index (χ3n) is 12.0. The van der Waals surface area contributed by atoms with Gasteiger partial charge in [-0.1, -0.05) is 121 Å². The smallest absolute Gasteiger partial charge is 0.160 e. The third kappa shape index (κ3) is 7.23. The average Bonchev–Trinajstić information content (AvgIpc) is 4.13. The maximum atomic E-state index is 7.06. The van der Waals surface area contributed by atoms with E-state index in [1.165, 1.54) is 0 Å². The van der Waals surface area contributed by atoms with Crippen molar-refractivity contribution >= 4 is 61.4 Å². The number of fused-ring (bicyclic) bond motifs is 18. The summed E-state index contributed by atoms with van der Waals surface area (Å²) in [5.74, 6) is 6.07. The minimum Gasteiger partial charge on any atom is -0.461 e. The van der Waals surface area contributed by atoms with Crippen molar-refractivity contribution in [2.24, 2.45) is 30.9 Å². The Morgan fingerprint density at radius 1 is 0.420 bits per heavy atom. The van der Waals surface area contributed by atoms with E-state index in [4.69, 9.17) is 55.5 Å². The summed E-state index contributed by atoms with van der Waals surface area (Å²) in [7, 11) is 0. The normalized spacial score (nSPS) is 15.3. The molecule has 1 aliphatic carbocycles. The van der Waals surface area contributed by atoms with Crippen LogP contribution in [0.3, 0.4) is 0 Å². The molecule has 13 rings (SSSR count). The SMILES string of the molecule is Clc1ccc2c3[nH]c(c2c1Oc1ccccc1)=NC1=C2C=CC=C(Oc4ccccc4)C2C(=N1)N=c1[nH]/c(c2c(Oc4ccccc4)cccc12)=N\c1[nH]c(c2c(Oc4ccccc4)cccc12)N=3. The van der Waals surface area contributed by atoms with E-state index >= 15 is 0 Å². The van der Waals surface area contributed by atoms with Gasteiger partial charge in [0, 0.05) is 21.7 Å². The van der Waals surface area contributed by atoms with E-state index in [2.05, 4.69) is 15.0 Å². The number of aromatic amines is 3. The lowest BCUT2D eigenvalue weighted by molar-refractivity contribution is 0.394. The van der Waals surface area contributed by atoms with Crippen LogP contribution in [0.5, 0.6) is 40.2 Å². The van der Waals surface area contributed by atoms with Crippen LogP contribution >= 0.6 is 11.6 Å². The van der Waals surface area contributed by atoms with E-state index in [0.717, 1.165) is 16.3 Å². The number of hydrogen-bond acceptors (Lipinski definition) is 9. The topological polar surface area (TPSA) is 146 Å². The highest BCUT2D eigenvalue weighted by Gasteiger charge is 2.35. The Morgan fingerprint density at radius 2 is 0.971 bits per heavy atom. The molecule has 10 aromatic rings. The van der Waals surface area contributed by atoms with Gasteiger partial charge in [-0.3, -0.25) is 0 Å². The van der Waals surface area contributed by atoms with Crippen LogP contribution in [0.4, 0.5) is 11.6 Å². The number of hydrogen-bond donors (Lipinski definition) is 3. The second-order valence-electron chi connectivity index (χ2n) is 16.3. The number of ether oxygens (including phenoxy) is 4. The molecule has 5 heterocycles. The van der Waals surface area contributed by atoms with E-state index in [0.29, 0.717) is 118 Å². The van der Waals surface area contributed by atoms with Crippen molar-refractivity contribution in [1.29, 1.82) is 0 Å². The van der Waals surface area contributed by atoms with E-state index in [1.807, 2.05) is 182 Å². The zero-order chi connectivity index (χ0) is 45.8. The summed E-state index contributed by atoms with van der Waals surface area (Å²) < 4.78 is 26.4. The average molecular weight is 919 g/mol. The van der Waals surface area contributed by atoms with Crippen molar-refractivity contribution in [3.05, 3.63) is 232 Å². The maximum absolute atomic E-state index is 7.06. The molecule has 330 valence electrons. The molecule has 0 saturated heterocycles. The Morgan fingerprint density at radius 3 is 1.64 bits per heavy atom. The highest BCUT2D eigenvalue weighted by atomic mass is 35.5. The summed E-state index contributed by atoms with van der Waals surface area (Å²) >= 11 is 7.06. The molecule has 69 heavy (non-hydrogen) atoms. The molecule has 8 bridgehead atoms. The number of H-pyrrole nitrogens is 3. The number of rotatable bonds is 8. The summed E-state index contributed by atoms with van der Waals surface area (Å²) in [5.41, 5.74) is 2.67. The Hall–Kier alpha value is -9.26. The summed E-state index contributed by atoms with van der Waals surface area (Å²) in [6.45, 7) is 0. The van der Waals surface area contributed by atoms with Crippen LogP contribution in [0.1, 0.15) is 0 Å². The zero-order valence-corrected chi connectivity index (χ0v) is 37.0. The molecule has 0 fully saturated rings. The lowest BCUT2D eigenvalue weighted by atomic mass is 9.93. The molecule has 13 heteroatoms. The van der Waals surface area contributed by atoms with Gasteiger partial charge < -0.3 is 33.9 Å². The lowest BCUT2D eigenvalue weighted by Crippen LogP contribution is -2.22. The predicted molar refractivity (Wildman–Crippen MR) is 266 cm³/mol. The number of allylic oxidation sites excluding steroid dienone is 3. The number of nitrogens with one attached hydrogen (secondary N) is 3. The third-order valence-corrected chi connectivity index (χ3v) is 12.3. The highest BCUT2D eigenvalue weighted by Crippen LogP contribution is 2.43. The summed E-state index contributed by atoms with van der Waals surface area (Å²) in [6.07, 6.45) is 5.87. The van der Waals surface area contributed by atoms with E-state index in [-0.39, 0.29) is 0 Å². The standard InChI is InChI=1S/C56H35ClN8O4/c57-40-31-30-39-47(48(40)69-35-22-11-4-12-23-35)56-64-51-38-26-15-29-43(68-34-20-9-3-10-21-34)46(38)54(62-51)60-49-36-24-13-27-41(66-32-16-5-1-6-17-32)44(36)53(58-49)59-50-37-25-14-28-42(67-33-18-7-2-8-19-33)45(37)55(61-50)63-52(39)65-56/h1-31,46,61H,(H,63,64,65)(H,58,59,60,62). The molecule has 1 unspecified atom stereocenters. The van der Waals surface area contributed by atoms with Crippen LogP contribution in [-0.4, -0.2) is 20.8 Å². The van der Waals surface area contributed by atoms with Crippen LogP contribution in [-0.2, 0) is 0 Å². The molecule has 0 radical (unpaired) electrons. The van der Waals surface area contributed by atoms with Gasteiger partial charge in [0.05, 0.1) is 21.2 Å². The van der Waals surface area contributed by atoms with Crippen molar-refractivity contribution < 1.29 is 18.9 Å². The molecule has 7 aromatic carbocycles. The minimum atomic E-state index is -0.543. The number of aliphatic imine (C=N–C) groups is 1. The molecule has 3 aromatic heterocycles. The van der Waals surface area contributed by atoms with Gasteiger partial charge in [0.15, 0.2) is 11.6 Å². The van der Waals surface area contributed by atoms with Gasteiger partial charge in [0.25, 0.3) is 0 Å². The molecule has 3 N–H and O–H groups in total. The first kappa shape index (κ1) is 40.1. The Bertz CT molecular complexity index is 4090. The first-order valence-electron chi connectivity index (χ1n) is 22.2. The number of nitrogens with zero attached hydrogens (tertiary/aromatic N) is 5. The van der Waals surface area contributed by atoms with Crippen LogP contribution < -0.4 is 40.9 Å². The number of benzene rings is 7. The lowest BCUT2D eigenvalue weighted by Gasteiger charge is -2.20. The fourth-order valence-corrected chi connectivity index (χ4v) is 9.12. The molecular formula is C56H35ClN8O4. The Labute approximate surface area is 397 Å². The van der Waals surface area contributed by atoms with E-state index < -0.39 is 5.92 Å². The summed E-state index contributed by atoms with van der Waals surface area (Å²) in [4.78, 5) is 37.4. The molecule has 3 aliphatic rings. The van der Waals surface area contributed by atoms with Crippen molar-refractivity contribution in [2.45, 2.75) is 0 Å². The van der Waals surface area contributed by atoms with Gasteiger partial charge in [0.1, 0.15) is 85.6 Å². The molecule has 2 aliphatic heterocycles.